The van der Waals surface area contributed by atoms with E-state index >= 15 is 0 Å². The molecule has 0 aliphatic rings. The molecule has 3 heteroatoms. The van der Waals surface area contributed by atoms with Crippen LogP contribution in [-0.2, 0) is 0 Å². The Morgan fingerprint density at radius 1 is 0.522 bits per heavy atom. The molecule has 0 spiro atoms. The molecule has 0 aliphatic heterocycles. The number of para-hydroxylation sites is 2. The van der Waals surface area contributed by atoms with Crippen molar-refractivity contribution in [1.29, 1.82) is 0 Å². The minimum Gasteiger partial charge on any atom is -0.309 e. The van der Waals surface area contributed by atoms with Crippen LogP contribution in [0.1, 0.15) is 18.2 Å². The van der Waals surface area contributed by atoms with Gasteiger partial charge in [0.1, 0.15) is 0 Å². The van der Waals surface area contributed by atoms with Gasteiger partial charge in [-0.25, -0.2) is 0 Å². The smallest absolute Gasteiger partial charge is 0.0541 e. The number of rotatable bonds is 5. The molecule has 0 amide bonds. The average Bonchev–Trinajstić information content (AvgIpc) is 3.75. The molecule has 9 aromatic rings. The molecule has 0 N–H and O–H groups in total. The zero-order chi connectivity index (χ0) is 30.8. The van der Waals surface area contributed by atoms with E-state index in [4.69, 9.17) is 0 Å². The number of hydrogen-bond donors (Lipinski definition) is 0. The number of hydrogen-bond acceptors (Lipinski definition) is 1. The molecule has 0 saturated heterocycles. The number of aromatic nitrogens is 2. The normalized spacial score (nSPS) is 12.0. The van der Waals surface area contributed by atoms with E-state index < -0.39 is 0 Å². The molecular weight excluding hydrogens is 577 g/mol. The van der Waals surface area contributed by atoms with E-state index in [1.807, 2.05) is 17.4 Å². The Bertz CT molecular complexity index is 2660. The van der Waals surface area contributed by atoms with E-state index in [1.54, 1.807) is 0 Å². The Kier molecular flexibility index (Phi) is 6.09. The molecule has 0 aliphatic carbocycles. The van der Waals surface area contributed by atoms with Crippen LogP contribution >= 0.6 is 11.3 Å². The molecule has 0 radical (unpaired) electrons. The molecule has 0 fully saturated rings. The highest BCUT2D eigenvalue weighted by Crippen LogP contribution is 2.40. The zero-order valence-corrected chi connectivity index (χ0v) is 26.3. The molecule has 0 bridgehead atoms. The summed E-state index contributed by atoms with van der Waals surface area (Å²) in [4.78, 5) is 0. The Morgan fingerprint density at radius 3 is 1.96 bits per heavy atom. The topological polar surface area (TPSA) is 9.86 Å². The number of thiophene rings is 1. The number of allylic oxidation sites excluding steroid dienone is 1. The van der Waals surface area contributed by atoms with Crippen LogP contribution in [0.15, 0.2) is 146 Å². The van der Waals surface area contributed by atoms with Crippen molar-refractivity contribution < 1.29 is 0 Å². The summed E-state index contributed by atoms with van der Waals surface area (Å²) in [6, 6.07) is 48.7. The summed E-state index contributed by atoms with van der Waals surface area (Å²) >= 11 is 1.86. The van der Waals surface area contributed by atoms with E-state index in [9.17, 15) is 0 Å². The lowest BCUT2D eigenvalue weighted by Crippen LogP contribution is -1.96. The molecule has 0 unspecified atom stereocenters. The monoisotopic (exact) mass is 606 g/mol. The second kappa shape index (κ2) is 10.5. The maximum atomic E-state index is 4.22. The highest BCUT2D eigenvalue weighted by molar-refractivity contribution is 7.25. The van der Waals surface area contributed by atoms with Gasteiger partial charge in [-0.15, -0.1) is 11.3 Å². The third-order valence-electron chi connectivity index (χ3n) is 9.21. The second-order valence-corrected chi connectivity index (χ2v) is 12.9. The largest absolute Gasteiger partial charge is 0.309 e. The van der Waals surface area contributed by atoms with Gasteiger partial charge in [0, 0.05) is 53.3 Å². The standard InChI is InChI=1S/C43H30N2S/c1-3-12-38-32(4-2)35-25-28(19-22-40(35)44(38)30-13-6-5-7-14-30)29-20-23-41-36(26-29)33-15-8-10-17-39(33)45(41)31-21-24-43-37(27-31)34-16-9-11-18-42(34)46-43/h3-27H,2H2,1H3/b12-3-. The van der Waals surface area contributed by atoms with Crippen molar-refractivity contribution in [2.75, 3.05) is 0 Å². The van der Waals surface area contributed by atoms with Crippen molar-refractivity contribution in [1.82, 2.24) is 9.13 Å². The number of benzene rings is 6. The first kappa shape index (κ1) is 26.7. The van der Waals surface area contributed by atoms with Crippen molar-refractivity contribution in [2.24, 2.45) is 0 Å². The van der Waals surface area contributed by atoms with Gasteiger partial charge in [0.25, 0.3) is 0 Å². The molecule has 0 atom stereocenters. The van der Waals surface area contributed by atoms with Gasteiger partial charge in [0.2, 0.25) is 0 Å². The van der Waals surface area contributed by atoms with E-state index in [0.717, 1.165) is 16.9 Å². The summed E-state index contributed by atoms with van der Waals surface area (Å²) in [5.74, 6) is 0. The molecule has 46 heavy (non-hydrogen) atoms. The van der Waals surface area contributed by atoms with Gasteiger partial charge in [-0.1, -0.05) is 85.5 Å². The molecule has 3 heterocycles. The van der Waals surface area contributed by atoms with E-state index in [-0.39, 0.29) is 0 Å². The lowest BCUT2D eigenvalue weighted by atomic mass is 10.00. The molecule has 0 saturated carbocycles. The van der Waals surface area contributed by atoms with Gasteiger partial charge in [-0.2, -0.15) is 0 Å². The fourth-order valence-electron chi connectivity index (χ4n) is 7.19. The summed E-state index contributed by atoms with van der Waals surface area (Å²) in [5.41, 5.74) is 10.6. The molecule has 3 aromatic heterocycles. The van der Waals surface area contributed by atoms with Crippen molar-refractivity contribution in [3.8, 4) is 22.5 Å². The summed E-state index contributed by atoms with van der Waals surface area (Å²) in [7, 11) is 0. The maximum absolute atomic E-state index is 4.22. The maximum Gasteiger partial charge on any atom is 0.0541 e. The zero-order valence-electron chi connectivity index (χ0n) is 25.4. The first-order valence-electron chi connectivity index (χ1n) is 15.7. The minimum atomic E-state index is 1.14. The number of nitrogens with zero attached hydrogens (tertiary/aromatic N) is 2. The van der Waals surface area contributed by atoms with Gasteiger partial charge in [0.05, 0.1) is 22.2 Å². The lowest BCUT2D eigenvalue weighted by molar-refractivity contribution is 1.10. The van der Waals surface area contributed by atoms with Crippen molar-refractivity contribution >= 4 is 76.4 Å². The number of fused-ring (bicyclic) bond motifs is 7. The van der Waals surface area contributed by atoms with Gasteiger partial charge in [-0.3, -0.25) is 0 Å². The Hall–Kier alpha value is -5.64. The average molecular weight is 607 g/mol. The van der Waals surface area contributed by atoms with Crippen molar-refractivity contribution in [3.63, 3.8) is 0 Å². The van der Waals surface area contributed by atoms with Gasteiger partial charge in [0.15, 0.2) is 0 Å². The van der Waals surface area contributed by atoms with Gasteiger partial charge < -0.3 is 9.13 Å². The third kappa shape index (κ3) is 3.95. The summed E-state index contributed by atoms with van der Waals surface area (Å²) in [6.45, 7) is 6.29. The van der Waals surface area contributed by atoms with Crippen LogP contribution in [0, 0.1) is 0 Å². The second-order valence-electron chi connectivity index (χ2n) is 11.8. The van der Waals surface area contributed by atoms with E-state index in [0.29, 0.717) is 0 Å². The quantitative estimate of drug-likeness (QED) is 0.184. The summed E-state index contributed by atoms with van der Waals surface area (Å²) < 4.78 is 7.40. The van der Waals surface area contributed by atoms with Crippen LogP contribution in [0.3, 0.4) is 0 Å². The van der Waals surface area contributed by atoms with Crippen LogP contribution in [0.25, 0.3) is 87.5 Å². The molecule has 6 aromatic carbocycles. The van der Waals surface area contributed by atoms with Crippen molar-refractivity contribution in [3.05, 3.63) is 157 Å². The van der Waals surface area contributed by atoms with Crippen molar-refractivity contribution in [2.45, 2.75) is 6.92 Å². The van der Waals surface area contributed by atoms with Crippen LogP contribution in [-0.4, -0.2) is 9.13 Å². The Balaban J connectivity index is 1.24. The van der Waals surface area contributed by atoms with Crippen LogP contribution in [0.2, 0.25) is 0 Å². The van der Waals surface area contributed by atoms with Crippen LogP contribution < -0.4 is 0 Å². The predicted molar refractivity (Wildman–Crippen MR) is 201 cm³/mol. The lowest BCUT2D eigenvalue weighted by Gasteiger charge is -2.10. The fraction of sp³-hybridized carbons (Fsp3) is 0.0233. The highest BCUT2D eigenvalue weighted by atomic mass is 32.1. The fourth-order valence-corrected chi connectivity index (χ4v) is 8.28. The SMILES string of the molecule is C=Cc1c(/C=C\C)n(-c2ccccc2)c2ccc(-c3ccc4c(c3)c3ccccc3n4-c3ccc4sc5ccccc5c4c3)cc12. The summed E-state index contributed by atoms with van der Waals surface area (Å²) in [6.07, 6.45) is 6.27. The van der Waals surface area contributed by atoms with Crippen LogP contribution in [0.4, 0.5) is 0 Å². The molecule has 218 valence electrons. The Morgan fingerprint density at radius 2 is 1.17 bits per heavy atom. The molecule has 9 rings (SSSR count). The van der Waals surface area contributed by atoms with E-state index in [1.165, 1.54) is 69.7 Å². The highest BCUT2D eigenvalue weighted by Gasteiger charge is 2.18. The van der Waals surface area contributed by atoms with Crippen LogP contribution in [0.5, 0.6) is 0 Å². The first-order valence-corrected chi connectivity index (χ1v) is 16.5. The molecular formula is C43H30N2S. The predicted octanol–water partition coefficient (Wildman–Crippen LogP) is 12.4. The summed E-state index contributed by atoms with van der Waals surface area (Å²) in [5, 5.41) is 6.34. The van der Waals surface area contributed by atoms with Gasteiger partial charge >= 0.3 is 0 Å². The Labute approximate surface area is 271 Å². The first-order chi connectivity index (χ1) is 22.7. The molecule has 2 nitrogen and oxygen atoms in total. The van der Waals surface area contributed by atoms with Gasteiger partial charge in [-0.05, 0) is 90.9 Å². The minimum absolute atomic E-state index is 1.14. The van der Waals surface area contributed by atoms with E-state index in [2.05, 4.69) is 168 Å². The third-order valence-corrected chi connectivity index (χ3v) is 10.4.